The molecule has 0 aromatic carbocycles. The van der Waals surface area contributed by atoms with E-state index in [1.807, 2.05) is 0 Å². The molecule has 0 aliphatic rings. The summed E-state index contributed by atoms with van der Waals surface area (Å²) in [4.78, 5) is 0. The van der Waals surface area contributed by atoms with Gasteiger partial charge in [0.1, 0.15) is 0 Å². The minimum atomic E-state index is -3.84. The van der Waals surface area contributed by atoms with Crippen LogP contribution in [0.4, 0.5) is 0 Å². The van der Waals surface area contributed by atoms with Gasteiger partial charge in [-0.2, -0.15) is 0 Å². The number of rotatable bonds is 4. The molecule has 0 bridgehead atoms. The van der Waals surface area contributed by atoms with Crippen LogP contribution in [-0.4, -0.2) is 29.4 Å². The summed E-state index contributed by atoms with van der Waals surface area (Å²) in [6, 6.07) is 0. The Morgan fingerprint density at radius 3 is 1.92 bits per heavy atom. The van der Waals surface area contributed by atoms with Gasteiger partial charge < -0.3 is 5.11 Å². The van der Waals surface area contributed by atoms with E-state index in [0.29, 0.717) is 0 Å². The Kier molecular flexibility index (Phi) is 5.51. The van der Waals surface area contributed by atoms with Crippen molar-refractivity contribution in [3.05, 3.63) is 0 Å². The molecule has 0 fully saturated rings. The van der Waals surface area contributed by atoms with Gasteiger partial charge >= 0.3 is 7.82 Å². The first-order chi connectivity index (χ1) is 5.75. The monoisotopic (exact) mass is 272 g/mol. The predicted molar refractivity (Wildman–Crippen MR) is 49.0 cm³/mol. The maximum absolute atomic E-state index is 11.2. The Balaban J connectivity index is 4.35. The lowest BCUT2D eigenvalue weighted by Crippen LogP contribution is -2.27. The van der Waals surface area contributed by atoms with E-state index >= 15 is 0 Å². The molecule has 13 heavy (non-hydrogen) atoms. The fourth-order valence-electron chi connectivity index (χ4n) is 0.343. The first-order valence-corrected chi connectivity index (χ1v) is 5.49. The second kappa shape index (κ2) is 5.14. The molecule has 80 valence electrons. The average molecular weight is 273 g/mol. The Hall–Kier alpha value is 0.940. The van der Waals surface area contributed by atoms with E-state index in [0.717, 1.165) is 14.2 Å². The first kappa shape index (κ1) is 13.9. The van der Waals surface area contributed by atoms with E-state index in [1.54, 1.807) is 0 Å². The van der Waals surface area contributed by atoms with Crippen molar-refractivity contribution in [3.8, 4) is 0 Å². The lowest BCUT2D eigenvalue weighted by Gasteiger charge is -2.22. The molecule has 9 heteroatoms. The fraction of sp³-hybridized carbons (Fsp3) is 1.00. The zero-order valence-corrected chi connectivity index (χ0v) is 9.90. The van der Waals surface area contributed by atoms with Crippen LogP contribution in [0.3, 0.4) is 0 Å². The summed E-state index contributed by atoms with van der Waals surface area (Å²) < 4.78 is 22.1. The Morgan fingerprint density at radius 1 is 1.31 bits per heavy atom. The third kappa shape index (κ3) is 4.81. The molecule has 0 aromatic heterocycles. The molecule has 1 atom stereocenters. The van der Waals surface area contributed by atoms with Crippen molar-refractivity contribution in [2.24, 2.45) is 0 Å². The molecule has 0 rings (SSSR count). The van der Waals surface area contributed by atoms with Gasteiger partial charge in [0.05, 0.1) is 0 Å². The first-order valence-electron chi connectivity index (χ1n) is 2.90. The predicted octanol–water partition coefficient (Wildman–Crippen LogP) is 2.09. The van der Waals surface area contributed by atoms with Gasteiger partial charge in [0, 0.05) is 14.2 Å². The summed E-state index contributed by atoms with van der Waals surface area (Å²) in [6.45, 7) is 0. The molecular weight excluding hydrogens is 265 g/mol. The molecule has 1 N–H and O–H groups in total. The normalized spacial score (nSPS) is 15.8. The number of phosphoric acid groups is 1. The molecule has 0 aliphatic carbocycles. The summed E-state index contributed by atoms with van der Waals surface area (Å²) >= 11 is 15.7. The van der Waals surface area contributed by atoms with Crippen LogP contribution in [0, 0.1) is 0 Å². The molecule has 0 amide bonds. The average Bonchev–Trinajstić information content (AvgIpc) is 2.02. The van der Waals surface area contributed by atoms with Gasteiger partial charge in [-0.25, -0.2) is 4.57 Å². The van der Waals surface area contributed by atoms with Crippen LogP contribution in [0.15, 0.2) is 0 Å². The number of halogens is 3. The molecule has 0 heterocycles. The zero-order valence-electron chi connectivity index (χ0n) is 6.74. The molecule has 0 aliphatic heterocycles. The van der Waals surface area contributed by atoms with Crippen molar-refractivity contribution in [1.82, 2.24) is 0 Å². The smallest absolute Gasteiger partial charge is 0.364 e. The number of hydrogen-bond acceptors (Lipinski definition) is 5. The molecule has 5 nitrogen and oxygen atoms in total. The van der Waals surface area contributed by atoms with Crippen LogP contribution in [0.1, 0.15) is 0 Å². The number of hydrogen-bond donors (Lipinski definition) is 1. The van der Waals surface area contributed by atoms with Gasteiger partial charge in [0.15, 0.2) is 0 Å². The second-order valence-electron chi connectivity index (χ2n) is 1.81. The van der Waals surface area contributed by atoms with Crippen molar-refractivity contribution in [2.45, 2.75) is 10.1 Å². The maximum atomic E-state index is 11.2. The minimum absolute atomic E-state index is 1.06. The standard InChI is InChI=1S/C4H8Cl3O5P/c1-10-13(9,11-2)12-3(8)4(5,6)7/h3,8H,1-2H3/t3-/m0/s1. The topological polar surface area (TPSA) is 65.0 Å². The van der Waals surface area contributed by atoms with Gasteiger partial charge in [-0.3, -0.25) is 13.6 Å². The lowest BCUT2D eigenvalue weighted by atomic mass is 10.8. The van der Waals surface area contributed by atoms with Crippen LogP contribution in [0.5, 0.6) is 0 Å². The van der Waals surface area contributed by atoms with E-state index in [9.17, 15) is 4.57 Å². The van der Waals surface area contributed by atoms with Crippen LogP contribution >= 0.6 is 42.6 Å². The van der Waals surface area contributed by atoms with Crippen LogP contribution < -0.4 is 0 Å². The van der Waals surface area contributed by atoms with Crippen molar-refractivity contribution < 1.29 is 23.2 Å². The Morgan fingerprint density at radius 2 is 1.69 bits per heavy atom. The lowest BCUT2D eigenvalue weighted by molar-refractivity contribution is -0.0389. The zero-order chi connectivity index (χ0) is 10.7. The highest BCUT2D eigenvalue weighted by atomic mass is 35.6. The van der Waals surface area contributed by atoms with E-state index < -0.39 is 17.9 Å². The van der Waals surface area contributed by atoms with Gasteiger partial charge in [-0.15, -0.1) is 0 Å². The summed E-state index contributed by atoms with van der Waals surface area (Å²) in [5.41, 5.74) is 0. The Bertz CT molecular complexity index is 196. The highest BCUT2D eigenvalue weighted by Crippen LogP contribution is 2.51. The van der Waals surface area contributed by atoms with Crippen LogP contribution in [0.25, 0.3) is 0 Å². The van der Waals surface area contributed by atoms with Crippen LogP contribution in [-0.2, 0) is 18.1 Å². The molecule has 0 saturated heterocycles. The summed E-state index contributed by atoms with van der Waals surface area (Å²) in [6.07, 6.45) is -1.90. The van der Waals surface area contributed by atoms with Crippen molar-refractivity contribution in [2.75, 3.05) is 14.2 Å². The highest BCUT2D eigenvalue weighted by molar-refractivity contribution is 7.48. The van der Waals surface area contributed by atoms with Gasteiger partial charge in [-0.1, -0.05) is 34.8 Å². The summed E-state index contributed by atoms with van der Waals surface area (Å²) in [7, 11) is -1.71. The summed E-state index contributed by atoms with van der Waals surface area (Å²) in [5.74, 6) is 0. The van der Waals surface area contributed by atoms with Crippen LogP contribution in [0.2, 0.25) is 0 Å². The van der Waals surface area contributed by atoms with E-state index in [4.69, 9.17) is 39.9 Å². The molecule has 0 radical (unpaired) electrons. The number of alkyl halides is 3. The molecule has 0 aromatic rings. The molecule has 0 saturated carbocycles. The summed E-state index contributed by atoms with van der Waals surface area (Å²) in [5, 5.41) is 9.03. The quantitative estimate of drug-likeness (QED) is 0.483. The van der Waals surface area contributed by atoms with E-state index in [-0.39, 0.29) is 0 Å². The van der Waals surface area contributed by atoms with Crippen molar-refractivity contribution in [3.63, 3.8) is 0 Å². The molecular formula is C4H8Cl3O5P. The van der Waals surface area contributed by atoms with Gasteiger partial charge in [0.25, 0.3) is 0 Å². The minimum Gasteiger partial charge on any atom is -0.364 e. The largest absolute Gasteiger partial charge is 0.476 e. The molecule has 0 spiro atoms. The van der Waals surface area contributed by atoms with Crippen molar-refractivity contribution >= 4 is 42.6 Å². The number of phosphoric ester groups is 1. The number of aliphatic hydroxyl groups is 1. The Labute approximate surface area is 90.4 Å². The third-order valence-corrected chi connectivity index (χ3v) is 2.87. The van der Waals surface area contributed by atoms with Gasteiger partial charge in [-0.05, 0) is 0 Å². The maximum Gasteiger partial charge on any atom is 0.476 e. The van der Waals surface area contributed by atoms with Gasteiger partial charge in [0.2, 0.25) is 10.1 Å². The molecule has 0 unspecified atom stereocenters. The van der Waals surface area contributed by atoms with E-state index in [2.05, 4.69) is 13.6 Å². The second-order valence-corrected chi connectivity index (χ2v) is 6.02. The number of aliphatic hydroxyl groups excluding tert-OH is 1. The third-order valence-electron chi connectivity index (χ3n) is 0.956. The van der Waals surface area contributed by atoms with E-state index in [1.165, 1.54) is 0 Å². The van der Waals surface area contributed by atoms with Crippen molar-refractivity contribution in [1.29, 1.82) is 0 Å². The fourth-order valence-corrected chi connectivity index (χ4v) is 1.39. The SMILES string of the molecule is COP(=O)(OC)O[C@H](O)C(Cl)(Cl)Cl. The highest BCUT2D eigenvalue weighted by Gasteiger charge is 2.39.